The molecule has 0 aliphatic rings. The summed E-state index contributed by atoms with van der Waals surface area (Å²) in [5.41, 5.74) is 1.93. The van der Waals surface area contributed by atoms with Crippen LogP contribution < -0.4 is 10.6 Å². The van der Waals surface area contributed by atoms with E-state index in [-0.39, 0.29) is 0 Å². The summed E-state index contributed by atoms with van der Waals surface area (Å²) in [5, 5.41) is 6.52. The van der Waals surface area contributed by atoms with Crippen molar-refractivity contribution in [3.8, 4) is 11.4 Å². The summed E-state index contributed by atoms with van der Waals surface area (Å²) >= 11 is 0. The first-order valence-corrected chi connectivity index (χ1v) is 7.20. The van der Waals surface area contributed by atoms with E-state index in [0.29, 0.717) is 5.82 Å². The molecule has 0 radical (unpaired) electrons. The lowest BCUT2D eigenvalue weighted by molar-refractivity contribution is 1.12. The normalized spacial score (nSPS) is 10.2. The zero-order valence-corrected chi connectivity index (χ0v) is 12.3. The van der Waals surface area contributed by atoms with Crippen LogP contribution in [0.5, 0.6) is 0 Å². The van der Waals surface area contributed by atoms with E-state index in [0.717, 1.165) is 29.4 Å². The van der Waals surface area contributed by atoms with Gasteiger partial charge >= 0.3 is 0 Å². The van der Waals surface area contributed by atoms with E-state index in [9.17, 15) is 0 Å². The van der Waals surface area contributed by atoms with Gasteiger partial charge in [-0.05, 0) is 19.1 Å². The number of anilines is 3. The van der Waals surface area contributed by atoms with Crippen molar-refractivity contribution < 1.29 is 0 Å². The molecule has 0 spiro atoms. The summed E-state index contributed by atoms with van der Waals surface area (Å²) in [4.78, 5) is 13.2. The fraction of sp³-hybridized carbons (Fsp3) is 0.118. The fourth-order valence-electron chi connectivity index (χ4n) is 2.08. The van der Waals surface area contributed by atoms with Crippen molar-refractivity contribution in [2.24, 2.45) is 0 Å². The van der Waals surface area contributed by atoms with Crippen LogP contribution in [0.25, 0.3) is 11.4 Å². The maximum absolute atomic E-state index is 4.60. The molecule has 2 aromatic heterocycles. The summed E-state index contributed by atoms with van der Waals surface area (Å²) in [6.45, 7) is 2.85. The van der Waals surface area contributed by atoms with Gasteiger partial charge in [-0.2, -0.15) is 0 Å². The molecule has 3 rings (SSSR count). The molecule has 0 saturated heterocycles. The highest BCUT2D eigenvalue weighted by molar-refractivity contribution is 5.64. The van der Waals surface area contributed by atoms with Crippen molar-refractivity contribution in [1.82, 2.24) is 15.0 Å². The molecule has 2 N–H and O–H groups in total. The summed E-state index contributed by atoms with van der Waals surface area (Å²) in [6, 6.07) is 15.6. The number of nitrogens with zero attached hydrogens (tertiary/aromatic N) is 3. The molecule has 5 heteroatoms. The lowest BCUT2D eigenvalue weighted by Crippen LogP contribution is -2.04. The van der Waals surface area contributed by atoms with Crippen LogP contribution in [0.3, 0.4) is 0 Å². The van der Waals surface area contributed by atoms with Gasteiger partial charge in [-0.25, -0.2) is 9.97 Å². The van der Waals surface area contributed by atoms with Gasteiger partial charge in [-0.1, -0.05) is 30.3 Å². The number of aromatic nitrogens is 3. The Hall–Kier alpha value is -2.95. The van der Waals surface area contributed by atoms with E-state index >= 15 is 0 Å². The van der Waals surface area contributed by atoms with E-state index in [1.807, 2.05) is 55.5 Å². The van der Waals surface area contributed by atoms with Crippen molar-refractivity contribution in [3.63, 3.8) is 0 Å². The third-order valence-corrected chi connectivity index (χ3v) is 3.07. The van der Waals surface area contributed by atoms with Gasteiger partial charge in [0.2, 0.25) is 0 Å². The second-order valence-electron chi connectivity index (χ2n) is 4.72. The second-order valence-corrected chi connectivity index (χ2v) is 4.72. The minimum absolute atomic E-state index is 0.690. The fourth-order valence-corrected chi connectivity index (χ4v) is 2.08. The Labute approximate surface area is 129 Å². The summed E-state index contributed by atoms with van der Waals surface area (Å²) in [7, 11) is 0. The third kappa shape index (κ3) is 3.38. The van der Waals surface area contributed by atoms with Gasteiger partial charge in [0.15, 0.2) is 5.82 Å². The SMILES string of the molecule is CCNc1cc(Nc2ccncc2)nc(-c2ccccc2)n1. The first-order chi connectivity index (χ1) is 10.8. The molecule has 0 saturated carbocycles. The van der Waals surface area contributed by atoms with E-state index in [1.54, 1.807) is 12.4 Å². The van der Waals surface area contributed by atoms with Crippen molar-refractivity contribution in [2.75, 3.05) is 17.2 Å². The number of hydrogen-bond donors (Lipinski definition) is 2. The maximum Gasteiger partial charge on any atom is 0.163 e. The quantitative estimate of drug-likeness (QED) is 0.750. The number of pyridine rings is 1. The predicted octanol–water partition coefficient (Wildman–Crippen LogP) is 3.71. The van der Waals surface area contributed by atoms with Crippen molar-refractivity contribution in [1.29, 1.82) is 0 Å². The number of rotatable bonds is 5. The molecule has 0 unspecified atom stereocenters. The average molecular weight is 291 g/mol. The van der Waals surface area contributed by atoms with Crippen molar-refractivity contribution in [2.45, 2.75) is 6.92 Å². The van der Waals surface area contributed by atoms with Crippen LogP contribution in [-0.2, 0) is 0 Å². The molecule has 0 amide bonds. The van der Waals surface area contributed by atoms with E-state index in [1.165, 1.54) is 0 Å². The average Bonchev–Trinajstić information content (AvgIpc) is 2.57. The van der Waals surface area contributed by atoms with E-state index in [2.05, 4.69) is 25.6 Å². The molecule has 0 aliphatic carbocycles. The van der Waals surface area contributed by atoms with Gasteiger partial charge < -0.3 is 10.6 Å². The van der Waals surface area contributed by atoms with E-state index in [4.69, 9.17) is 0 Å². The Morgan fingerprint density at radius 3 is 2.36 bits per heavy atom. The number of hydrogen-bond acceptors (Lipinski definition) is 5. The van der Waals surface area contributed by atoms with E-state index < -0.39 is 0 Å². The number of benzene rings is 1. The first-order valence-electron chi connectivity index (χ1n) is 7.20. The Morgan fingerprint density at radius 1 is 0.909 bits per heavy atom. The molecular formula is C17H17N5. The monoisotopic (exact) mass is 291 g/mol. The minimum Gasteiger partial charge on any atom is -0.370 e. The summed E-state index contributed by atoms with van der Waals surface area (Å²) < 4.78 is 0. The molecule has 5 nitrogen and oxygen atoms in total. The lowest BCUT2D eigenvalue weighted by Gasteiger charge is -2.10. The molecule has 0 bridgehead atoms. The zero-order valence-electron chi connectivity index (χ0n) is 12.3. The van der Waals surface area contributed by atoms with Gasteiger partial charge in [0.25, 0.3) is 0 Å². The third-order valence-electron chi connectivity index (χ3n) is 3.07. The Morgan fingerprint density at radius 2 is 1.64 bits per heavy atom. The van der Waals surface area contributed by atoms with Crippen LogP contribution in [0.1, 0.15) is 6.92 Å². The molecule has 110 valence electrons. The van der Waals surface area contributed by atoms with Crippen LogP contribution in [0.4, 0.5) is 17.3 Å². The zero-order chi connectivity index (χ0) is 15.2. The largest absolute Gasteiger partial charge is 0.370 e. The van der Waals surface area contributed by atoms with Gasteiger partial charge in [0, 0.05) is 36.3 Å². The van der Waals surface area contributed by atoms with Crippen LogP contribution in [0.15, 0.2) is 60.9 Å². The topological polar surface area (TPSA) is 62.7 Å². The standard InChI is InChI=1S/C17H17N5/c1-2-19-15-12-16(20-14-8-10-18-11-9-14)22-17(21-15)13-6-4-3-5-7-13/h3-12H,2H2,1H3,(H2,18,19,20,21,22). The van der Waals surface area contributed by atoms with Crippen LogP contribution in [-0.4, -0.2) is 21.5 Å². The molecule has 0 fully saturated rings. The predicted molar refractivity (Wildman–Crippen MR) is 89.2 cm³/mol. The maximum atomic E-state index is 4.60. The smallest absolute Gasteiger partial charge is 0.163 e. The molecule has 0 aliphatic heterocycles. The van der Waals surface area contributed by atoms with Gasteiger partial charge in [-0.3, -0.25) is 4.98 Å². The molecule has 0 atom stereocenters. The minimum atomic E-state index is 0.690. The Balaban J connectivity index is 1.97. The van der Waals surface area contributed by atoms with Gasteiger partial charge in [0.05, 0.1) is 0 Å². The lowest BCUT2D eigenvalue weighted by atomic mass is 10.2. The first kappa shape index (κ1) is 14.0. The van der Waals surface area contributed by atoms with Crippen LogP contribution >= 0.6 is 0 Å². The highest BCUT2D eigenvalue weighted by Crippen LogP contribution is 2.22. The van der Waals surface area contributed by atoms with Gasteiger partial charge in [0.1, 0.15) is 11.6 Å². The Kier molecular flexibility index (Phi) is 4.25. The van der Waals surface area contributed by atoms with Gasteiger partial charge in [-0.15, -0.1) is 0 Å². The molecule has 2 heterocycles. The van der Waals surface area contributed by atoms with Crippen molar-refractivity contribution >= 4 is 17.3 Å². The second kappa shape index (κ2) is 6.67. The molecule has 1 aromatic carbocycles. The molecular weight excluding hydrogens is 274 g/mol. The highest BCUT2D eigenvalue weighted by Gasteiger charge is 2.06. The highest BCUT2D eigenvalue weighted by atomic mass is 15.1. The van der Waals surface area contributed by atoms with Crippen LogP contribution in [0.2, 0.25) is 0 Å². The Bertz CT molecular complexity index is 729. The summed E-state index contributed by atoms with van der Waals surface area (Å²) in [5.74, 6) is 2.24. The molecule has 3 aromatic rings. The van der Waals surface area contributed by atoms with Crippen LogP contribution in [0, 0.1) is 0 Å². The summed E-state index contributed by atoms with van der Waals surface area (Å²) in [6.07, 6.45) is 3.49. The van der Waals surface area contributed by atoms with Crippen molar-refractivity contribution in [3.05, 3.63) is 60.9 Å². The molecule has 22 heavy (non-hydrogen) atoms. The number of nitrogens with one attached hydrogen (secondary N) is 2.